The van der Waals surface area contributed by atoms with Crippen LogP contribution < -0.4 is 10.5 Å². The van der Waals surface area contributed by atoms with Gasteiger partial charge in [0.1, 0.15) is 5.75 Å². The summed E-state index contributed by atoms with van der Waals surface area (Å²) in [4.78, 5) is 15.2. The Balaban J connectivity index is 1.81. The van der Waals surface area contributed by atoms with Gasteiger partial charge in [-0.1, -0.05) is 47.6 Å². The highest BCUT2D eigenvalue weighted by atomic mass is 19.4. The molecule has 9 heteroatoms. The third-order valence-corrected chi connectivity index (χ3v) is 3.62. The molecule has 3 aromatic rings. The van der Waals surface area contributed by atoms with Gasteiger partial charge in [0.2, 0.25) is 11.7 Å². The number of carbonyl (C=O) groups is 1. The fraction of sp³-hybridized carbons (Fsp3) is 0.167. The summed E-state index contributed by atoms with van der Waals surface area (Å²) in [5.41, 5.74) is 7.11. The van der Waals surface area contributed by atoms with Crippen LogP contribution in [0.25, 0.3) is 11.4 Å². The van der Waals surface area contributed by atoms with Crippen molar-refractivity contribution < 1.29 is 27.2 Å². The van der Waals surface area contributed by atoms with Crippen molar-refractivity contribution in [3.63, 3.8) is 0 Å². The molecule has 0 saturated heterocycles. The second-order valence-corrected chi connectivity index (χ2v) is 5.64. The van der Waals surface area contributed by atoms with Gasteiger partial charge in [-0.25, -0.2) is 4.79 Å². The van der Waals surface area contributed by atoms with Crippen LogP contribution in [-0.4, -0.2) is 22.3 Å². The number of benzene rings is 2. The van der Waals surface area contributed by atoms with Crippen LogP contribution in [0.3, 0.4) is 0 Å². The number of hydrogen-bond donors (Lipinski definition) is 1. The normalized spacial score (nSPS) is 12.6. The molecule has 1 atom stereocenters. The minimum atomic E-state index is -5.12. The number of esters is 1. The van der Waals surface area contributed by atoms with E-state index in [9.17, 15) is 18.0 Å². The van der Waals surface area contributed by atoms with Gasteiger partial charge in [0.25, 0.3) is 0 Å². The Kier molecular flexibility index (Phi) is 5.22. The average Bonchev–Trinajstić information content (AvgIpc) is 3.12. The molecule has 0 aliphatic rings. The molecule has 0 radical (unpaired) electrons. The zero-order valence-electron chi connectivity index (χ0n) is 13.8. The first-order chi connectivity index (χ1) is 12.8. The number of para-hydroxylation sites is 1. The van der Waals surface area contributed by atoms with Gasteiger partial charge in [0, 0.05) is 0 Å². The van der Waals surface area contributed by atoms with E-state index in [1.54, 1.807) is 6.07 Å². The molecule has 6 nitrogen and oxygen atoms in total. The van der Waals surface area contributed by atoms with Crippen molar-refractivity contribution in [1.82, 2.24) is 10.1 Å². The highest BCUT2D eigenvalue weighted by Crippen LogP contribution is 2.30. The van der Waals surface area contributed by atoms with Crippen LogP contribution in [0, 0.1) is 0 Å². The zero-order valence-corrected chi connectivity index (χ0v) is 13.8. The Morgan fingerprint density at radius 3 is 2.48 bits per heavy atom. The molecular weight excluding hydrogens is 363 g/mol. The van der Waals surface area contributed by atoms with Crippen molar-refractivity contribution in [2.75, 3.05) is 0 Å². The first-order valence-electron chi connectivity index (χ1n) is 7.86. The Hall–Kier alpha value is -3.20. The van der Waals surface area contributed by atoms with E-state index in [-0.39, 0.29) is 23.0 Å². The topological polar surface area (TPSA) is 91.2 Å². The van der Waals surface area contributed by atoms with Crippen LogP contribution in [0.2, 0.25) is 0 Å². The van der Waals surface area contributed by atoms with Gasteiger partial charge >= 0.3 is 12.1 Å². The van der Waals surface area contributed by atoms with Gasteiger partial charge in [0.05, 0.1) is 11.6 Å². The summed E-state index contributed by atoms with van der Waals surface area (Å²) in [6, 6.07) is 14.4. The van der Waals surface area contributed by atoms with Crippen LogP contribution in [-0.2, 0) is 11.2 Å². The quantitative estimate of drug-likeness (QED) is 0.541. The third-order valence-electron chi connectivity index (χ3n) is 3.62. The molecule has 27 heavy (non-hydrogen) atoms. The van der Waals surface area contributed by atoms with Gasteiger partial charge in [0.15, 0.2) is 0 Å². The van der Waals surface area contributed by atoms with Crippen molar-refractivity contribution in [2.45, 2.75) is 18.6 Å². The summed E-state index contributed by atoms with van der Waals surface area (Å²) in [6.45, 7) is 0. The first-order valence-corrected chi connectivity index (χ1v) is 7.86. The first kappa shape index (κ1) is 18.6. The lowest BCUT2D eigenvalue weighted by molar-refractivity contribution is -0.189. The average molecular weight is 377 g/mol. The standard InChI is InChI=1S/C18H14F3N3O3/c19-18(20,21)17(25)26-14-9-5-4-8-12(14)15-23-16(27-24-15)13(22)10-11-6-2-1-3-7-11/h1-9,13H,10,22H2/t13-/m0/s1. The molecule has 1 heterocycles. The summed E-state index contributed by atoms with van der Waals surface area (Å²) in [5.74, 6) is -2.58. The predicted molar refractivity (Wildman–Crippen MR) is 88.5 cm³/mol. The number of carbonyl (C=O) groups excluding carboxylic acids is 1. The van der Waals surface area contributed by atoms with Crippen LogP contribution in [0.1, 0.15) is 17.5 Å². The summed E-state index contributed by atoms with van der Waals surface area (Å²) in [5, 5.41) is 3.74. The van der Waals surface area contributed by atoms with Crippen LogP contribution >= 0.6 is 0 Å². The van der Waals surface area contributed by atoms with E-state index in [2.05, 4.69) is 14.9 Å². The second kappa shape index (κ2) is 7.58. The van der Waals surface area contributed by atoms with Crippen molar-refractivity contribution in [3.8, 4) is 17.1 Å². The lowest BCUT2D eigenvalue weighted by Crippen LogP contribution is -2.28. The van der Waals surface area contributed by atoms with Crippen LogP contribution in [0.5, 0.6) is 5.75 Å². The fourth-order valence-corrected chi connectivity index (χ4v) is 2.35. The Labute approximate surface area is 151 Å². The molecule has 0 amide bonds. The van der Waals surface area contributed by atoms with Crippen LogP contribution in [0.4, 0.5) is 13.2 Å². The van der Waals surface area contributed by atoms with Crippen LogP contribution in [0.15, 0.2) is 59.1 Å². The molecule has 3 rings (SSSR count). The number of ether oxygens (including phenoxy) is 1. The monoisotopic (exact) mass is 377 g/mol. The van der Waals surface area contributed by atoms with Crippen molar-refractivity contribution in [1.29, 1.82) is 0 Å². The van der Waals surface area contributed by atoms with Crippen molar-refractivity contribution >= 4 is 5.97 Å². The second-order valence-electron chi connectivity index (χ2n) is 5.64. The maximum atomic E-state index is 12.4. The highest BCUT2D eigenvalue weighted by Gasteiger charge is 2.41. The molecule has 2 aromatic carbocycles. The minimum absolute atomic E-state index is 0.0286. The molecule has 0 saturated carbocycles. The maximum Gasteiger partial charge on any atom is 0.491 e. The number of hydrogen-bond acceptors (Lipinski definition) is 6. The van der Waals surface area contributed by atoms with Crippen molar-refractivity contribution in [2.24, 2.45) is 5.73 Å². The van der Waals surface area contributed by atoms with E-state index in [4.69, 9.17) is 10.3 Å². The van der Waals surface area contributed by atoms with E-state index in [1.165, 1.54) is 18.2 Å². The third kappa shape index (κ3) is 4.50. The number of nitrogens with two attached hydrogens (primary N) is 1. The smallest absolute Gasteiger partial charge is 0.419 e. The van der Waals surface area contributed by atoms with Gasteiger partial charge in [-0.05, 0) is 24.1 Å². The summed E-state index contributed by atoms with van der Waals surface area (Å²) in [7, 11) is 0. The number of nitrogens with zero attached hydrogens (tertiary/aromatic N) is 2. The zero-order chi connectivity index (χ0) is 19.4. The Bertz CT molecular complexity index is 926. The predicted octanol–water partition coefficient (Wildman–Crippen LogP) is 3.45. The largest absolute Gasteiger partial charge is 0.491 e. The Morgan fingerprint density at radius 2 is 1.78 bits per heavy atom. The number of rotatable bonds is 5. The highest BCUT2D eigenvalue weighted by molar-refractivity contribution is 5.80. The summed E-state index contributed by atoms with van der Waals surface area (Å²) in [6.07, 6.45) is -4.68. The van der Waals surface area contributed by atoms with E-state index < -0.39 is 18.2 Å². The molecule has 2 N–H and O–H groups in total. The van der Waals surface area contributed by atoms with Gasteiger partial charge in [-0.15, -0.1) is 0 Å². The van der Waals surface area contributed by atoms with E-state index in [1.807, 2.05) is 30.3 Å². The summed E-state index contributed by atoms with van der Waals surface area (Å²) >= 11 is 0. The van der Waals surface area contributed by atoms with Gasteiger partial charge in [-0.2, -0.15) is 18.2 Å². The number of halogens is 3. The molecule has 1 aromatic heterocycles. The van der Waals surface area contributed by atoms with E-state index in [0.29, 0.717) is 6.42 Å². The molecule has 140 valence electrons. The molecule has 0 unspecified atom stereocenters. The fourth-order valence-electron chi connectivity index (χ4n) is 2.35. The van der Waals surface area contributed by atoms with E-state index >= 15 is 0 Å². The summed E-state index contributed by atoms with van der Waals surface area (Å²) < 4.78 is 46.9. The molecule has 0 spiro atoms. The molecule has 0 fully saturated rings. The molecule has 0 bridgehead atoms. The lowest BCUT2D eigenvalue weighted by Gasteiger charge is -2.09. The lowest BCUT2D eigenvalue weighted by atomic mass is 10.1. The SMILES string of the molecule is N[C@@H](Cc1ccccc1)c1nc(-c2ccccc2OC(=O)C(F)(F)F)no1. The Morgan fingerprint density at radius 1 is 1.11 bits per heavy atom. The van der Waals surface area contributed by atoms with Crippen molar-refractivity contribution in [3.05, 3.63) is 66.1 Å². The molecule has 0 aliphatic heterocycles. The molecular formula is C18H14F3N3O3. The number of alkyl halides is 3. The maximum absolute atomic E-state index is 12.4. The molecule has 0 aliphatic carbocycles. The van der Waals surface area contributed by atoms with E-state index in [0.717, 1.165) is 5.56 Å². The van der Waals surface area contributed by atoms with Gasteiger partial charge in [-0.3, -0.25) is 0 Å². The minimum Gasteiger partial charge on any atom is -0.419 e. The number of aromatic nitrogens is 2. The van der Waals surface area contributed by atoms with Gasteiger partial charge < -0.3 is 15.0 Å².